The largest absolute Gasteiger partial charge is 0.360 e. The Morgan fingerprint density at radius 3 is 2.95 bits per heavy atom. The normalized spacial score (nSPS) is 18.8. The number of aromatic nitrogens is 3. The lowest BCUT2D eigenvalue weighted by atomic mass is 9.96. The average Bonchev–Trinajstić information content (AvgIpc) is 3.14. The first kappa shape index (κ1) is 13.5. The second-order valence-electron chi connectivity index (χ2n) is 6.32. The lowest BCUT2D eigenvalue weighted by Gasteiger charge is -2.18. The maximum Gasteiger partial charge on any atom is 0.274 e. The topological polar surface area (TPSA) is 73.0 Å². The molecule has 6 nitrogen and oxygen atoms in total. The molecule has 0 radical (unpaired) electrons. The van der Waals surface area contributed by atoms with Gasteiger partial charge in [0.1, 0.15) is 11.6 Å². The molecule has 0 saturated heterocycles. The molecule has 4 rings (SSSR count). The minimum Gasteiger partial charge on any atom is -0.360 e. The van der Waals surface area contributed by atoms with Crippen molar-refractivity contribution in [2.45, 2.75) is 44.6 Å². The van der Waals surface area contributed by atoms with Gasteiger partial charge >= 0.3 is 0 Å². The van der Waals surface area contributed by atoms with Gasteiger partial charge in [0.25, 0.3) is 5.91 Å². The summed E-state index contributed by atoms with van der Waals surface area (Å²) in [4.78, 5) is 17.1. The smallest absolute Gasteiger partial charge is 0.274 e. The van der Waals surface area contributed by atoms with Crippen LogP contribution < -0.4 is 5.32 Å². The van der Waals surface area contributed by atoms with Crippen LogP contribution in [0.15, 0.2) is 16.9 Å². The SMILES string of the molecule is Cn1ccnc1C(NC(=O)c1noc2c1CCCC2)C1CC1. The molecule has 1 fully saturated rings. The van der Waals surface area contributed by atoms with Gasteiger partial charge in [-0.3, -0.25) is 4.79 Å². The van der Waals surface area contributed by atoms with E-state index in [-0.39, 0.29) is 11.9 Å². The molecular weight excluding hydrogens is 280 g/mol. The molecule has 1 amide bonds. The van der Waals surface area contributed by atoms with Crippen LogP contribution in [0.25, 0.3) is 0 Å². The Bertz CT molecular complexity index is 699. The molecular formula is C16H20N4O2. The zero-order valence-electron chi connectivity index (χ0n) is 12.7. The van der Waals surface area contributed by atoms with E-state index < -0.39 is 0 Å². The van der Waals surface area contributed by atoms with Gasteiger partial charge in [0, 0.05) is 31.4 Å². The summed E-state index contributed by atoms with van der Waals surface area (Å²) in [7, 11) is 1.96. The lowest BCUT2D eigenvalue weighted by Crippen LogP contribution is -2.32. The number of imidazole rings is 1. The van der Waals surface area contributed by atoms with Crippen molar-refractivity contribution in [2.24, 2.45) is 13.0 Å². The van der Waals surface area contributed by atoms with Gasteiger partial charge in [-0.05, 0) is 38.0 Å². The molecule has 2 heterocycles. The van der Waals surface area contributed by atoms with Crippen LogP contribution >= 0.6 is 0 Å². The fourth-order valence-electron chi connectivity index (χ4n) is 3.27. The highest BCUT2D eigenvalue weighted by molar-refractivity contribution is 5.94. The molecule has 1 N–H and O–H groups in total. The summed E-state index contributed by atoms with van der Waals surface area (Å²) in [6, 6.07) is -0.0385. The minimum absolute atomic E-state index is 0.0385. The first-order chi connectivity index (χ1) is 10.7. The molecule has 0 aromatic carbocycles. The lowest BCUT2D eigenvalue weighted by molar-refractivity contribution is 0.0919. The van der Waals surface area contributed by atoms with Crippen molar-refractivity contribution in [1.82, 2.24) is 20.0 Å². The van der Waals surface area contributed by atoms with E-state index in [1.54, 1.807) is 6.20 Å². The molecule has 1 atom stereocenters. The Balaban J connectivity index is 1.58. The van der Waals surface area contributed by atoms with Crippen molar-refractivity contribution < 1.29 is 9.32 Å². The molecule has 2 aromatic rings. The van der Waals surface area contributed by atoms with Crippen LogP contribution in [0.1, 0.15) is 59.4 Å². The highest BCUT2D eigenvalue weighted by Crippen LogP contribution is 2.40. The first-order valence-electron chi connectivity index (χ1n) is 7.99. The van der Waals surface area contributed by atoms with Gasteiger partial charge in [0.2, 0.25) is 0 Å². The highest BCUT2D eigenvalue weighted by Gasteiger charge is 2.37. The van der Waals surface area contributed by atoms with Crippen LogP contribution in [-0.4, -0.2) is 20.6 Å². The number of hydrogen-bond acceptors (Lipinski definition) is 4. The van der Waals surface area contributed by atoms with Crippen molar-refractivity contribution >= 4 is 5.91 Å². The van der Waals surface area contributed by atoms with Crippen molar-refractivity contribution in [3.05, 3.63) is 35.2 Å². The van der Waals surface area contributed by atoms with Gasteiger partial charge in [-0.2, -0.15) is 0 Å². The van der Waals surface area contributed by atoms with Crippen molar-refractivity contribution in [2.75, 3.05) is 0 Å². The second-order valence-corrected chi connectivity index (χ2v) is 6.32. The zero-order chi connectivity index (χ0) is 15.1. The van der Waals surface area contributed by atoms with Gasteiger partial charge in [-0.25, -0.2) is 4.98 Å². The van der Waals surface area contributed by atoms with Crippen LogP contribution in [0.5, 0.6) is 0 Å². The van der Waals surface area contributed by atoms with E-state index in [0.717, 1.165) is 55.7 Å². The van der Waals surface area contributed by atoms with Crippen LogP contribution in [0.2, 0.25) is 0 Å². The number of rotatable bonds is 4. The van der Waals surface area contributed by atoms with Gasteiger partial charge in [0.05, 0.1) is 6.04 Å². The highest BCUT2D eigenvalue weighted by atomic mass is 16.5. The third-order valence-electron chi connectivity index (χ3n) is 4.68. The molecule has 116 valence electrons. The van der Waals surface area contributed by atoms with E-state index in [2.05, 4.69) is 15.5 Å². The van der Waals surface area contributed by atoms with Crippen LogP contribution in [0.4, 0.5) is 0 Å². The first-order valence-corrected chi connectivity index (χ1v) is 7.99. The third-order valence-corrected chi connectivity index (χ3v) is 4.68. The number of hydrogen-bond donors (Lipinski definition) is 1. The van der Waals surface area contributed by atoms with E-state index in [9.17, 15) is 4.79 Å². The minimum atomic E-state index is -0.133. The second kappa shape index (κ2) is 5.26. The van der Waals surface area contributed by atoms with Gasteiger partial charge in [-0.1, -0.05) is 5.16 Å². The van der Waals surface area contributed by atoms with Crippen molar-refractivity contribution in [1.29, 1.82) is 0 Å². The monoisotopic (exact) mass is 300 g/mol. The van der Waals surface area contributed by atoms with E-state index >= 15 is 0 Å². The molecule has 2 aliphatic rings. The van der Waals surface area contributed by atoms with E-state index in [1.807, 2.05) is 17.8 Å². The Kier molecular flexibility index (Phi) is 3.24. The number of fused-ring (bicyclic) bond motifs is 1. The van der Waals surface area contributed by atoms with Gasteiger partial charge < -0.3 is 14.4 Å². The molecule has 1 unspecified atom stereocenters. The molecule has 0 spiro atoms. The van der Waals surface area contributed by atoms with Crippen LogP contribution in [0.3, 0.4) is 0 Å². The zero-order valence-corrected chi connectivity index (χ0v) is 12.7. The Labute approximate surface area is 128 Å². The van der Waals surface area contributed by atoms with Crippen LogP contribution in [0, 0.1) is 5.92 Å². The summed E-state index contributed by atoms with van der Waals surface area (Å²) < 4.78 is 7.32. The number of amides is 1. The molecule has 2 aliphatic carbocycles. The van der Waals surface area contributed by atoms with Gasteiger partial charge in [0.15, 0.2) is 5.69 Å². The number of carbonyl (C=O) groups is 1. The maximum atomic E-state index is 12.7. The van der Waals surface area contributed by atoms with E-state index in [4.69, 9.17) is 4.52 Å². The van der Waals surface area contributed by atoms with E-state index in [0.29, 0.717) is 11.6 Å². The summed E-state index contributed by atoms with van der Waals surface area (Å²) in [6.07, 6.45) is 9.94. The summed E-state index contributed by atoms with van der Waals surface area (Å²) in [5, 5.41) is 7.15. The summed E-state index contributed by atoms with van der Waals surface area (Å²) in [6.45, 7) is 0. The summed E-state index contributed by atoms with van der Waals surface area (Å²) in [5.41, 5.74) is 1.47. The molecule has 6 heteroatoms. The van der Waals surface area contributed by atoms with Crippen molar-refractivity contribution in [3.8, 4) is 0 Å². The summed E-state index contributed by atoms with van der Waals surface area (Å²) >= 11 is 0. The Morgan fingerprint density at radius 2 is 2.23 bits per heavy atom. The quantitative estimate of drug-likeness (QED) is 0.939. The predicted octanol–water partition coefficient (Wildman–Crippen LogP) is 2.17. The Morgan fingerprint density at radius 1 is 1.41 bits per heavy atom. The standard InChI is InChI=1S/C16H20N4O2/c1-20-9-8-17-15(20)13(10-6-7-10)18-16(21)14-11-4-2-3-5-12(11)22-19-14/h8-10,13H,2-7H2,1H3,(H,18,21). The third kappa shape index (κ3) is 2.32. The van der Waals surface area contributed by atoms with Crippen molar-refractivity contribution in [3.63, 3.8) is 0 Å². The number of carbonyl (C=O) groups excluding carboxylic acids is 1. The number of aryl methyl sites for hydroxylation is 2. The van der Waals surface area contributed by atoms with E-state index in [1.165, 1.54) is 0 Å². The fraction of sp³-hybridized carbons (Fsp3) is 0.562. The van der Waals surface area contributed by atoms with Crippen LogP contribution in [-0.2, 0) is 19.9 Å². The molecule has 0 bridgehead atoms. The van der Waals surface area contributed by atoms with Gasteiger partial charge in [-0.15, -0.1) is 0 Å². The number of nitrogens with zero attached hydrogens (tertiary/aromatic N) is 3. The molecule has 1 saturated carbocycles. The molecule has 22 heavy (non-hydrogen) atoms. The number of nitrogens with one attached hydrogen (secondary N) is 1. The molecule has 2 aromatic heterocycles. The Hall–Kier alpha value is -2.11. The average molecular weight is 300 g/mol. The molecule has 0 aliphatic heterocycles. The summed E-state index contributed by atoms with van der Waals surface area (Å²) in [5.74, 6) is 2.14. The maximum absolute atomic E-state index is 12.7. The fourth-order valence-corrected chi connectivity index (χ4v) is 3.27. The predicted molar refractivity (Wildman–Crippen MR) is 79.3 cm³/mol.